The van der Waals surface area contributed by atoms with Gasteiger partial charge in [-0.2, -0.15) is 0 Å². The molecular formula is C19H19ClFNO2. The Hall–Kier alpha value is -2.07. The number of carbonyl (C=O) groups excluding carboxylic acids is 1. The molecule has 1 saturated heterocycles. The van der Waals surface area contributed by atoms with Gasteiger partial charge in [0.2, 0.25) is 5.91 Å². The predicted octanol–water partition coefficient (Wildman–Crippen LogP) is 4.31. The highest BCUT2D eigenvalue weighted by Gasteiger charge is 2.27. The summed E-state index contributed by atoms with van der Waals surface area (Å²) in [7, 11) is 1.78. The van der Waals surface area contributed by atoms with Crippen molar-refractivity contribution in [2.24, 2.45) is 5.92 Å². The van der Waals surface area contributed by atoms with Crippen molar-refractivity contribution in [3.63, 3.8) is 0 Å². The molecular weight excluding hydrogens is 329 g/mol. The van der Waals surface area contributed by atoms with Gasteiger partial charge in [0.1, 0.15) is 11.6 Å². The minimum absolute atomic E-state index is 0.120. The van der Waals surface area contributed by atoms with Crippen LogP contribution in [0.15, 0.2) is 36.4 Å². The number of amides is 1. The summed E-state index contributed by atoms with van der Waals surface area (Å²) in [6.07, 6.45) is 0.475. The van der Waals surface area contributed by atoms with Crippen LogP contribution in [0, 0.1) is 18.7 Å². The summed E-state index contributed by atoms with van der Waals surface area (Å²) in [5.41, 5.74) is 2.49. The quantitative estimate of drug-likeness (QED) is 0.824. The first kappa shape index (κ1) is 16.8. The summed E-state index contributed by atoms with van der Waals surface area (Å²) < 4.78 is 19.7. The highest BCUT2D eigenvalue weighted by molar-refractivity contribution is 6.33. The second kappa shape index (κ2) is 6.81. The van der Waals surface area contributed by atoms with Gasteiger partial charge in [-0.05, 0) is 36.2 Å². The fraction of sp³-hybridized carbons (Fsp3) is 0.316. The normalized spacial score (nSPS) is 17.4. The zero-order chi connectivity index (χ0) is 17.3. The van der Waals surface area contributed by atoms with Crippen LogP contribution >= 0.6 is 11.6 Å². The number of rotatable bonds is 4. The second-order valence-electron chi connectivity index (χ2n) is 6.31. The first-order valence-electron chi connectivity index (χ1n) is 7.86. The molecule has 1 aliphatic rings. The molecule has 3 nitrogen and oxygen atoms in total. The minimum atomic E-state index is -0.376. The first-order chi connectivity index (χ1) is 11.4. The lowest BCUT2D eigenvalue weighted by molar-refractivity contribution is -0.126. The Bertz CT molecular complexity index is 778. The molecule has 0 bridgehead atoms. The average molecular weight is 348 g/mol. The Balaban J connectivity index is 1.78. The summed E-state index contributed by atoms with van der Waals surface area (Å²) in [5, 5.41) is 0.578. The molecule has 2 aromatic carbocycles. The molecule has 1 unspecified atom stereocenters. The second-order valence-corrected chi connectivity index (χ2v) is 6.72. The van der Waals surface area contributed by atoms with E-state index in [1.54, 1.807) is 18.0 Å². The maximum atomic E-state index is 14.0. The van der Waals surface area contributed by atoms with Gasteiger partial charge < -0.3 is 9.64 Å². The molecule has 2 aromatic rings. The third-order valence-electron chi connectivity index (χ3n) is 4.21. The third-order valence-corrected chi connectivity index (χ3v) is 4.53. The van der Waals surface area contributed by atoms with E-state index in [1.165, 1.54) is 12.1 Å². The lowest BCUT2D eigenvalue weighted by Gasteiger charge is -2.13. The Morgan fingerprint density at radius 2 is 2.08 bits per heavy atom. The zero-order valence-electron chi connectivity index (χ0n) is 13.7. The van der Waals surface area contributed by atoms with Gasteiger partial charge >= 0.3 is 0 Å². The number of likely N-dealkylation sites (tertiary alicyclic amines) is 1. The molecule has 1 aliphatic heterocycles. The maximum Gasteiger partial charge on any atom is 0.222 e. The molecule has 1 heterocycles. The molecule has 126 valence electrons. The van der Waals surface area contributed by atoms with Crippen molar-refractivity contribution < 1.29 is 13.9 Å². The van der Waals surface area contributed by atoms with E-state index in [4.69, 9.17) is 16.3 Å². The fourth-order valence-corrected chi connectivity index (χ4v) is 3.28. The van der Waals surface area contributed by atoms with Crippen molar-refractivity contribution in [3.8, 4) is 16.9 Å². The standard InChI is InChI=1S/C19H19ClFNO2/c1-12-3-4-17(18(20)5-12)14-7-15(21)9-16(8-14)24-11-13-6-19(23)22(2)10-13/h3-5,7-9,13H,6,10-11H2,1-2H3. The van der Waals surface area contributed by atoms with E-state index < -0.39 is 0 Å². The minimum Gasteiger partial charge on any atom is -0.493 e. The third kappa shape index (κ3) is 3.70. The van der Waals surface area contributed by atoms with Gasteiger partial charge in [0.05, 0.1) is 6.61 Å². The number of ether oxygens (including phenoxy) is 1. The molecule has 0 radical (unpaired) electrons. The Morgan fingerprint density at radius 1 is 1.29 bits per heavy atom. The summed E-state index contributed by atoms with van der Waals surface area (Å²) in [6.45, 7) is 3.01. The summed E-state index contributed by atoms with van der Waals surface area (Å²) >= 11 is 6.28. The highest BCUT2D eigenvalue weighted by atomic mass is 35.5. The summed E-state index contributed by atoms with van der Waals surface area (Å²) in [6, 6.07) is 10.2. The number of benzene rings is 2. The molecule has 0 spiro atoms. The predicted molar refractivity (Wildman–Crippen MR) is 92.8 cm³/mol. The van der Waals surface area contributed by atoms with Crippen molar-refractivity contribution in [2.75, 3.05) is 20.2 Å². The molecule has 24 heavy (non-hydrogen) atoms. The molecule has 0 saturated carbocycles. The lowest BCUT2D eigenvalue weighted by atomic mass is 10.0. The van der Waals surface area contributed by atoms with E-state index in [1.807, 2.05) is 25.1 Å². The maximum absolute atomic E-state index is 14.0. The fourth-order valence-electron chi connectivity index (χ4n) is 2.94. The van der Waals surface area contributed by atoms with Crippen LogP contribution in [-0.4, -0.2) is 31.0 Å². The van der Waals surface area contributed by atoms with Crippen LogP contribution in [0.3, 0.4) is 0 Å². The van der Waals surface area contributed by atoms with Gasteiger partial charge in [-0.15, -0.1) is 0 Å². The molecule has 0 N–H and O–H groups in total. The van der Waals surface area contributed by atoms with Gasteiger partial charge in [0.25, 0.3) is 0 Å². The van der Waals surface area contributed by atoms with Crippen molar-refractivity contribution in [1.82, 2.24) is 4.90 Å². The first-order valence-corrected chi connectivity index (χ1v) is 8.24. The van der Waals surface area contributed by atoms with Crippen LogP contribution in [0.1, 0.15) is 12.0 Å². The highest BCUT2D eigenvalue weighted by Crippen LogP contribution is 2.32. The van der Waals surface area contributed by atoms with Gasteiger partial charge in [-0.3, -0.25) is 4.79 Å². The molecule has 0 aromatic heterocycles. The van der Waals surface area contributed by atoms with Crippen LogP contribution in [0.2, 0.25) is 5.02 Å². The van der Waals surface area contributed by atoms with Gasteiger partial charge in [-0.25, -0.2) is 4.39 Å². The van der Waals surface area contributed by atoms with Crippen LogP contribution in [0.25, 0.3) is 11.1 Å². The molecule has 0 aliphatic carbocycles. The molecule has 1 fully saturated rings. The topological polar surface area (TPSA) is 29.5 Å². The monoisotopic (exact) mass is 347 g/mol. The zero-order valence-corrected chi connectivity index (χ0v) is 14.4. The SMILES string of the molecule is Cc1ccc(-c2cc(F)cc(OCC3CC(=O)N(C)C3)c2)c(Cl)c1. The van der Waals surface area contributed by atoms with Crippen LogP contribution < -0.4 is 4.74 Å². The van der Waals surface area contributed by atoms with Gasteiger partial charge in [0, 0.05) is 42.6 Å². The van der Waals surface area contributed by atoms with E-state index in [0.29, 0.717) is 35.9 Å². The van der Waals surface area contributed by atoms with Crippen LogP contribution in [0.5, 0.6) is 5.75 Å². The number of hydrogen-bond acceptors (Lipinski definition) is 2. The van der Waals surface area contributed by atoms with Crippen LogP contribution in [0.4, 0.5) is 4.39 Å². The molecule has 5 heteroatoms. The van der Waals surface area contributed by atoms with Crippen LogP contribution in [-0.2, 0) is 4.79 Å². The van der Waals surface area contributed by atoms with E-state index in [2.05, 4.69) is 0 Å². The Morgan fingerprint density at radius 3 is 2.75 bits per heavy atom. The Kier molecular flexibility index (Phi) is 4.76. The summed E-state index contributed by atoms with van der Waals surface area (Å²) in [5.74, 6) is 0.328. The Labute approximate surface area is 146 Å². The number of nitrogens with zero attached hydrogens (tertiary/aromatic N) is 1. The van der Waals surface area contributed by atoms with E-state index >= 15 is 0 Å². The summed E-state index contributed by atoms with van der Waals surface area (Å²) in [4.78, 5) is 13.2. The number of carbonyl (C=O) groups is 1. The number of hydrogen-bond donors (Lipinski definition) is 0. The smallest absolute Gasteiger partial charge is 0.222 e. The molecule has 1 atom stereocenters. The largest absolute Gasteiger partial charge is 0.493 e. The van der Waals surface area contributed by atoms with Crippen molar-refractivity contribution in [1.29, 1.82) is 0 Å². The molecule has 3 rings (SSSR count). The average Bonchev–Trinajstić information content (AvgIpc) is 2.83. The van der Waals surface area contributed by atoms with Gasteiger partial charge in [0.15, 0.2) is 0 Å². The van der Waals surface area contributed by atoms with Crippen molar-refractivity contribution >= 4 is 17.5 Å². The molecule has 1 amide bonds. The van der Waals surface area contributed by atoms with Gasteiger partial charge in [-0.1, -0.05) is 23.7 Å². The van der Waals surface area contributed by atoms with E-state index in [0.717, 1.165) is 11.1 Å². The number of aryl methyl sites for hydroxylation is 1. The van der Waals surface area contributed by atoms with E-state index in [9.17, 15) is 9.18 Å². The van der Waals surface area contributed by atoms with Crippen molar-refractivity contribution in [3.05, 3.63) is 52.8 Å². The number of halogens is 2. The van der Waals surface area contributed by atoms with E-state index in [-0.39, 0.29) is 17.6 Å². The van der Waals surface area contributed by atoms with Crippen molar-refractivity contribution in [2.45, 2.75) is 13.3 Å². The lowest BCUT2D eigenvalue weighted by Crippen LogP contribution is -2.20.